The Kier molecular flexibility index (Phi) is 3.85. The molecule has 0 aliphatic carbocycles. The largest absolute Gasteiger partial charge is 0.365 e. The van der Waals surface area contributed by atoms with E-state index in [-0.39, 0.29) is 11.7 Å². The molecule has 0 spiro atoms. The van der Waals surface area contributed by atoms with Crippen molar-refractivity contribution < 1.29 is 4.74 Å². The molecule has 0 aromatic heterocycles. The van der Waals surface area contributed by atoms with Gasteiger partial charge in [-0.15, -0.1) is 0 Å². The summed E-state index contributed by atoms with van der Waals surface area (Å²) in [7, 11) is 0. The molecule has 2 atom stereocenters. The molecule has 1 heterocycles. The average Bonchev–Trinajstić information content (AvgIpc) is 2.30. The van der Waals surface area contributed by atoms with Crippen molar-refractivity contribution >= 4 is 0 Å². The van der Waals surface area contributed by atoms with Gasteiger partial charge < -0.3 is 10.1 Å². The zero-order chi connectivity index (χ0) is 12.3. The van der Waals surface area contributed by atoms with E-state index in [4.69, 9.17) is 4.74 Å². The lowest BCUT2D eigenvalue weighted by atomic mass is 9.96. The first-order valence-corrected chi connectivity index (χ1v) is 6.58. The van der Waals surface area contributed by atoms with Crippen molar-refractivity contribution in [1.29, 1.82) is 0 Å². The lowest BCUT2D eigenvalue weighted by Crippen LogP contribution is -2.48. The highest BCUT2D eigenvalue weighted by molar-refractivity contribution is 5.24. The Labute approximate surface area is 104 Å². The number of ether oxygens (including phenoxy) is 1. The first-order valence-electron chi connectivity index (χ1n) is 6.58. The van der Waals surface area contributed by atoms with Crippen LogP contribution in [0.4, 0.5) is 0 Å². The van der Waals surface area contributed by atoms with E-state index in [9.17, 15) is 0 Å². The highest BCUT2D eigenvalue weighted by Gasteiger charge is 2.32. The molecule has 94 valence electrons. The maximum absolute atomic E-state index is 6.28. The van der Waals surface area contributed by atoms with Crippen LogP contribution in [0.25, 0.3) is 0 Å². The molecule has 1 aromatic carbocycles. The van der Waals surface area contributed by atoms with Gasteiger partial charge in [-0.05, 0) is 25.8 Å². The molecular formula is C15H23NO. The van der Waals surface area contributed by atoms with Gasteiger partial charge in [-0.3, -0.25) is 0 Å². The lowest BCUT2D eigenvalue weighted by Gasteiger charge is -2.39. The lowest BCUT2D eigenvalue weighted by molar-refractivity contribution is -0.112. The van der Waals surface area contributed by atoms with Gasteiger partial charge >= 0.3 is 0 Å². The van der Waals surface area contributed by atoms with Crippen LogP contribution in [-0.4, -0.2) is 18.7 Å². The summed E-state index contributed by atoms with van der Waals surface area (Å²) in [4.78, 5) is 0. The van der Waals surface area contributed by atoms with Crippen molar-refractivity contribution in [3.05, 3.63) is 35.4 Å². The van der Waals surface area contributed by atoms with Crippen molar-refractivity contribution in [2.45, 2.75) is 45.3 Å². The molecule has 0 bridgehead atoms. The summed E-state index contributed by atoms with van der Waals surface area (Å²) >= 11 is 0. The average molecular weight is 233 g/mol. The standard InChI is InChI=1S/C15H23NO/c1-4-9-15(3)11-16-10-14(17-15)13-7-5-12(2)6-8-13/h5-8,14,16H,4,9-11H2,1-3H3. The molecule has 2 rings (SSSR count). The number of morpholine rings is 1. The van der Waals surface area contributed by atoms with Gasteiger partial charge in [0.15, 0.2) is 0 Å². The van der Waals surface area contributed by atoms with Crippen LogP contribution < -0.4 is 5.32 Å². The van der Waals surface area contributed by atoms with Crippen LogP contribution in [-0.2, 0) is 4.74 Å². The van der Waals surface area contributed by atoms with Crippen LogP contribution in [0.3, 0.4) is 0 Å². The Bertz CT molecular complexity index is 356. The van der Waals surface area contributed by atoms with Crippen molar-refractivity contribution in [2.24, 2.45) is 0 Å². The van der Waals surface area contributed by atoms with E-state index < -0.39 is 0 Å². The number of rotatable bonds is 3. The summed E-state index contributed by atoms with van der Waals surface area (Å²) in [5.74, 6) is 0. The van der Waals surface area contributed by atoms with E-state index in [0.29, 0.717) is 0 Å². The van der Waals surface area contributed by atoms with E-state index in [1.807, 2.05) is 0 Å². The second-order valence-electron chi connectivity index (χ2n) is 5.35. The van der Waals surface area contributed by atoms with Crippen LogP contribution in [0.2, 0.25) is 0 Å². The topological polar surface area (TPSA) is 21.3 Å². The third-order valence-electron chi connectivity index (χ3n) is 3.48. The maximum Gasteiger partial charge on any atom is 0.0957 e. The van der Waals surface area contributed by atoms with E-state index in [2.05, 4.69) is 50.4 Å². The van der Waals surface area contributed by atoms with Gasteiger partial charge in [0, 0.05) is 13.1 Å². The molecule has 0 amide bonds. The van der Waals surface area contributed by atoms with Crippen molar-refractivity contribution in [2.75, 3.05) is 13.1 Å². The van der Waals surface area contributed by atoms with Crippen LogP contribution >= 0.6 is 0 Å². The Morgan fingerprint density at radius 1 is 1.35 bits per heavy atom. The summed E-state index contributed by atoms with van der Waals surface area (Å²) in [5.41, 5.74) is 2.57. The Hall–Kier alpha value is -0.860. The molecule has 1 aliphatic heterocycles. The molecule has 2 heteroatoms. The molecule has 1 saturated heterocycles. The van der Waals surface area contributed by atoms with E-state index in [0.717, 1.165) is 19.5 Å². The zero-order valence-corrected chi connectivity index (χ0v) is 11.1. The molecule has 0 radical (unpaired) electrons. The fraction of sp³-hybridized carbons (Fsp3) is 0.600. The van der Waals surface area contributed by atoms with Gasteiger partial charge in [0.1, 0.15) is 0 Å². The Balaban J connectivity index is 2.09. The minimum Gasteiger partial charge on any atom is -0.365 e. The van der Waals surface area contributed by atoms with Crippen LogP contribution in [0.5, 0.6) is 0 Å². The molecule has 1 aromatic rings. The fourth-order valence-electron chi connectivity index (χ4n) is 2.54. The first-order chi connectivity index (χ1) is 8.13. The Morgan fingerprint density at radius 2 is 2.06 bits per heavy atom. The zero-order valence-electron chi connectivity index (χ0n) is 11.1. The van der Waals surface area contributed by atoms with Crippen molar-refractivity contribution in [3.63, 3.8) is 0 Å². The van der Waals surface area contributed by atoms with Crippen LogP contribution in [0.1, 0.15) is 43.9 Å². The van der Waals surface area contributed by atoms with Crippen molar-refractivity contribution in [1.82, 2.24) is 5.32 Å². The third kappa shape index (κ3) is 3.08. The predicted molar refractivity (Wildman–Crippen MR) is 71.2 cm³/mol. The van der Waals surface area contributed by atoms with Gasteiger partial charge in [-0.1, -0.05) is 43.2 Å². The summed E-state index contributed by atoms with van der Waals surface area (Å²) < 4.78 is 6.28. The molecule has 1 aliphatic rings. The van der Waals surface area contributed by atoms with Gasteiger partial charge in [0.05, 0.1) is 11.7 Å². The quantitative estimate of drug-likeness (QED) is 0.865. The monoisotopic (exact) mass is 233 g/mol. The summed E-state index contributed by atoms with van der Waals surface area (Å²) in [5, 5.41) is 3.50. The van der Waals surface area contributed by atoms with E-state index in [1.165, 1.54) is 17.5 Å². The van der Waals surface area contributed by atoms with Crippen LogP contribution in [0, 0.1) is 6.92 Å². The number of hydrogen-bond acceptors (Lipinski definition) is 2. The second-order valence-corrected chi connectivity index (χ2v) is 5.35. The minimum absolute atomic E-state index is 0.0114. The molecule has 2 unspecified atom stereocenters. The summed E-state index contributed by atoms with van der Waals surface area (Å²) in [6.07, 6.45) is 2.47. The molecule has 2 nitrogen and oxygen atoms in total. The predicted octanol–water partition coefficient (Wildman–Crippen LogP) is 3.21. The highest BCUT2D eigenvalue weighted by atomic mass is 16.5. The first kappa shape index (κ1) is 12.6. The van der Waals surface area contributed by atoms with Crippen LogP contribution in [0.15, 0.2) is 24.3 Å². The van der Waals surface area contributed by atoms with Gasteiger partial charge in [-0.2, -0.15) is 0 Å². The third-order valence-corrected chi connectivity index (χ3v) is 3.48. The van der Waals surface area contributed by atoms with E-state index in [1.54, 1.807) is 0 Å². The van der Waals surface area contributed by atoms with Gasteiger partial charge in [-0.25, -0.2) is 0 Å². The normalized spacial score (nSPS) is 29.2. The smallest absolute Gasteiger partial charge is 0.0957 e. The number of benzene rings is 1. The van der Waals surface area contributed by atoms with Crippen molar-refractivity contribution in [3.8, 4) is 0 Å². The molecule has 1 fully saturated rings. The highest BCUT2D eigenvalue weighted by Crippen LogP contribution is 2.30. The molecule has 1 N–H and O–H groups in total. The maximum atomic E-state index is 6.28. The summed E-state index contributed by atoms with van der Waals surface area (Å²) in [6, 6.07) is 8.67. The molecule has 0 saturated carbocycles. The number of aryl methyl sites for hydroxylation is 1. The summed E-state index contributed by atoms with van der Waals surface area (Å²) in [6.45, 7) is 8.42. The SMILES string of the molecule is CCCC1(C)CNCC(c2ccc(C)cc2)O1. The van der Waals surface area contributed by atoms with Gasteiger partial charge in [0.25, 0.3) is 0 Å². The second kappa shape index (κ2) is 5.19. The minimum atomic E-state index is -0.0114. The Morgan fingerprint density at radius 3 is 2.71 bits per heavy atom. The molecular weight excluding hydrogens is 210 g/mol. The van der Waals surface area contributed by atoms with E-state index >= 15 is 0 Å². The molecule has 17 heavy (non-hydrogen) atoms. The number of hydrogen-bond donors (Lipinski definition) is 1. The van der Waals surface area contributed by atoms with Gasteiger partial charge in [0.2, 0.25) is 0 Å². The fourth-order valence-corrected chi connectivity index (χ4v) is 2.54. The number of nitrogens with one attached hydrogen (secondary N) is 1.